The van der Waals surface area contributed by atoms with Crippen LogP contribution in [-0.2, 0) is 18.1 Å². The van der Waals surface area contributed by atoms with Gasteiger partial charge in [-0.3, -0.25) is 0 Å². The summed E-state index contributed by atoms with van der Waals surface area (Å²) in [5, 5.41) is 0. The van der Waals surface area contributed by atoms with Crippen LogP contribution in [0.2, 0.25) is 0 Å². The summed E-state index contributed by atoms with van der Waals surface area (Å²) in [5.41, 5.74) is -42.2. The first-order chi connectivity index (χ1) is 22.7. The van der Waals surface area contributed by atoms with E-state index in [9.17, 15) is 105 Å². The molecule has 0 saturated carbocycles. The van der Waals surface area contributed by atoms with Gasteiger partial charge in [-0.25, -0.2) is 0 Å². The van der Waals surface area contributed by atoms with Crippen molar-refractivity contribution in [2.75, 3.05) is 0 Å². The summed E-state index contributed by atoms with van der Waals surface area (Å²) in [6.45, 7) is -2.32. The molecule has 3 fully saturated rings. The molecular formula is C20H18F26N2O4P2. The Hall–Kier alpha value is -1.20. The first kappa shape index (κ1) is 47.2. The van der Waals surface area contributed by atoms with Crippen LogP contribution < -0.4 is 0 Å². The predicted octanol–water partition coefficient (Wildman–Crippen LogP) is 11.9. The molecule has 0 aromatic rings. The van der Waals surface area contributed by atoms with Gasteiger partial charge < -0.3 is 0 Å². The molecule has 324 valence electrons. The molecule has 3 aliphatic heterocycles. The Balaban J connectivity index is 2.94. The van der Waals surface area contributed by atoms with E-state index >= 15 is 8.39 Å². The molecule has 2 spiro atoms. The zero-order chi connectivity index (χ0) is 43.9. The fraction of sp³-hybridized carbons (Fsp3) is 1.00. The molecule has 34 heteroatoms. The minimum absolute atomic E-state index is 0.386. The second-order valence-corrected chi connectivity index (χ2v) is 19.6. The third-order valence-electron chi connectivity index (χ3n) is 7.79. The molecule has 0 N–H and O–H groups in total. The first-order valence-electron chi connectivity index (χ1n) is 13.2. The zero-order valence-electron chi connectivity index (χ0n) is 26.2. The molecule has 0 amide bonds. The Morgan fingerprint density at radius 1 is 0.296 bits per heavy atom. The molecule has 0 aromatic carbocycles. The molecule has 0 bridgehead atoms. The quantitative estimate of drug-likeness (QED) is 0.178. The van der Waals surface area contributed by atoms with E-state index in [2.05, 4.69) is 18.1 Å². The average Bonchev–Trinajstić information content (AvgIpc) is 3.22. The number of hydrogen-bond acceptors (Lipinski definition) is 6. The van der Waals surface area contributed by atoms with Crippen LogP contribution in [0, 0.1) is 0 Å². The van der Waals surface area contributed by atoms with E-state index < -0.39 is 107 Å². The Bertz CT molecular complexity index is 1270. The molecule has 6 nitrogen and oxygen atoms in total. The van der Waals surface area contributed by atoms with Gasteiger partial charge in [0.2, 0.25) is 0 Å². The zero-order valence-corrected chi connectivity index (χ0v) is 28.0. The molecule has 3 aliphatic rings. The van der Waals surface area contributed by atoms with Gasteiger partial charge in [0.05, 0.1) is 0 Å². The number of hydrogen-bond donors (Lipinski definition) is 0. The van der Waals surface area contributed by atoms with Crippen LogP contribution in [0.1, 0.15) is 41.5 Å². The van der Waals surface area contributed by atoms with E-state index in [1.807, 2.05) is 0 Å². The maximum atomic E-state index is 18.1. The van der Waals surface area contributed by atoms with Crippen molar-refractivity contribution >= 4 is 15.3 Å². The van der Waals surface area contributed by atoms with Gasteiger partial charge >= 0.3 is 281 Å². The number of rotatable bonds is 0. The number of halogens is 26. The number of nitrogens with zero attached hydrogens (tertiary/aromatic N) is 2. The van der Waals surface area contributed by atoms with Crippen LogP contribution in [0.5, 0.6) is 0 Å². The monoisotopic (exact) mass is 906 g/mol. The fourth-order valence-electron chi connectivity index (χ4n) is 6.76. The van der Waals surface area contributed by atoms with Crippen molar-refractivity contribution in [3.05, 3.63) is 0 Å². The van der Waals surface area contributed by atoms with E-state index in [1.165, 1.54) is 0 Å². The van der Waals surface area contributed by atoms with Gasteiger partial charge in [0.25, 0.3) is 0 Å². The SMILES string of the molecule is CC(C)(C)N1P2(F)(OC(C(F)(F)F)(C(F)(F)F)C(C(F)(F)F)(C(F)(F)F)O2)N(C(C)(C)C)P12(F)OC(C(F)(F)F)(C(F)(F)F)C(C(F)(F)F)(C(F)(F)F)O2. The first-order valence-corrected chi connectivity index (χ1v) is 16.9. The van der Waals surface area contributed by atoms with Crippen LogP contribution in [0.25, 0.3) is 0 Å². The summed E-state index contributed by atoms with van der Waals surface area (Å²) < 4.78 is 390. The molecule has 0 atom stereocenters. The second kappa shape index (κ2) is 10.5. The summed E-state index contributed by atoms with van der Waals surface area (Å²) in [5.74, 6) is 0. The van der Waals surface area contributed by atoms with Crippen molar-refractivity contribution in [2.24, 2.45) is 0 Å². The second-order valence-electron chi connectivity index (χ2n) is 13.6. The van der Waals surface area contributed by atoms with Crippen LogP contribution in [0.15, 0.2) is 0 Å². The van der Waals surface area contributed by atoms with E-state index in [-0.39, 0.29) is 41.5 Å². The van der Waals surface area contributed by atoms with Crippen molar-refractivity contribution < 1.29 is 132 Å². The average molecular weight is 906 g/mol. The Morgan fingerprint density at radius 3 is 0.481 bits per heavy atom. The van der Waals surface area contributed by atoms with Crippen molar-refractivity contribution in [1.82, 2.24) is 8.88 Å². The molecule has 0 unspecified atom stereocenters. The van der Waals surface area contributed by atoms with Crippen LogP contribution in [-0.4, -0.2) is 91.8 Å². The molecular weight excluding hydrogens is 888 g/mol. The third kappa shape index (κ3) is 4.87. The van der Waals surface area contributed by atoms with Crippen LogP contribution in [0.4, 0.5) is 114 Å². The topological polar surface area (TPSA) is 43.4 Å². The molecule has 3 saturated heterocycles. The number of alkyl halides is 24. The minimum atomic E-state index is -10.5. The Kier molecular flexibility index (Phi) is 9.18. The van der Waals surface area contributed by atoms with Crippen molar-refractivity contribution in [3.8, 4) is 0 Å². The standard InChI is InChI=1S/C20H18F26N2O4P2/c1-7(2,3)47-53(45,49-9(13(21,22)23,14(24,25)26)10(50-53,15(27,28)29)16(30,31)32)48(8(4,5)6)54(47,46)51-11(17(33,34)35,18(36,37)38)12(52-54,19(39,40)41)20(42,43)44/h1-6H3. The van der Waals surface area contributed by atoms with Gasteiger partial charge in [0, 0.05) is 0 Å². The summed E-state index contributed by atoms with van der Waals surface area (Å²) in [7, 11) is -21.0. The van der Waals surface area contributed by atoms with Crippen molar-refractivity contribution in [2.45, 2.75) is 124 Å². The van der Waals surface area contributed by atoms with Gasteiger partial charge in [-0.2, -0.15) is 0 Å². The van der Waals surface area contributed by atoms with E-state index in [1.54, 1.807) is 0 Å². The molecule has 0 aliphatic carbocycles. The van der Waals surface area contributed by atoms with E-state index in [0.717, 1.165) is 0 Å². The summed E-state index contributed by atoms with van der Waals surface area (Å²) in [6, 6.07) is 0. The normalized spacial score (nSPS) is 29.0. The van der Waals surface area contributed by atoms with Crippen molar-refractivity contribution in [3.63, 3.8) is 0 Å². The summed E-state index contributed by atoms with van der Waals surface area (Å²) >= 11 is 0. The molecule has 54 heavy (non-hydrogen) atoms. The van der Waals surface area contributed by atoms with Gasteiger partial charge in [-0.1, -0.05) is 0 Å². The molecule has 3 rings (SSSR count). The van der Waals surface area contributed by atoms with Gasteiger partial charge in [-0.15, -0.1) is 0 Å². The summed E-state index contributed by atoms with van der Waals surface area (Å²) in [6.07, 6.45) is -68.0. The van der Waals surface area contributed by atoms with Gasteiger partial charge in [0.1, 0.15) is 0 Å². The van der Waals surface area contributed by atoms with E-state index in [0.29, 0.717) is 0 Å². The fourth-order valence-corrected chi connectivity index (χ4v) is 20.1. The molecule has 0 radical (unpaired) electrons. The predicted molar refractivity (Wildman–Crippen MR) is 123 cm³/mol. The van der Waals surface area contributed by atoms with Crippen LogP contribution >= 0.6 is 15.3 Å². The Morgan fingerprint density at radius 2 is 0.407 bits per heavy atom. The van der Waals surface area contributed by atoms with E-state index in [4.69, 9.17) is 0 Å². The van der Waals surface area contributed by atoms with Crippen molar-refractivity contribution in [1.29, 1.82) is 0 Å². The van der Waals surface area contributed by atoms with Gasteiger partial charge in [0.15, 0.2) is 0 Å². The third-order valence-corrected chi connectivity index (χ3v) is 18.5. The molecule has 3 heterocycles. The Labute approximate surface area is 281 Å². The van der Waals surface area contributed by atoms with Gasteiger partial charge in [-0.05, 0) is 0 Å². The molecule has 0 aromatic heterocycles. The maximum absolute atomic E-state index is 18.1. The summed E-state index contributed by atoms with van der Waals surface area (Å²) in [4.78, 5) is 0. The van der Waals surface area contributed by atoms with Crippen LogP contribution in [0.3, 0.4) is 0 Å².